The van der Waals surface area contributed by atoms with Gasteiger partial charge in [-0.15, -0.1) is 0 Å². The molecule has 0 radical (unpaired) electrons. The van der Waals surface area contributed by atoms with Crippen LogP contribution in [0, 0.1) is 10.8 Å². The SMILES string of the molecule is CCCCCCCCC(CCCCCC)(CCCCCCN(CCCCCCC(CCCCCC)(CCCCCCCC)C(=O)O)c1ccncc1)C(=O)O. The Morgan fingerprint density at radius 3 is 0.982 bits per heavy atom. The number of hydrogen-bond acceptors (Lipinski definition) is 4. The van der Waals surface area contributed by atoms with E-state index in [-0.39, 0.29) is 0 Å². The number of pyridine rings is 1. The van der Waals surface area contributed by atoms with Crippen molar-refractivity contribution in [3.8, 4) is 0 Å². The number of carboxylic acids is 2. The fourth-order valence-electron chi connectivity index (χ4n) is 8.82. The zero-order chi connectivity index (χ0) is 40.3. The molecule has 1 aromatic heterocycles. The van der Waals surface area contributed by atoms with Crippen LogP contribution in [-0.4, -0.2) is 40.2 Å². The summed E-state index contributed by atoms with van der Waals surface area (Å²) in [5.41, 5.74) is 0.131. The van der Waals surface area contributed by atoms with Crippen LogP contribution in [0.5, 0.6) is 0 Å². The molecule has 0 fully saturated rings. The van der Waals surface area contributed by atoms with Gasteiger partial charge in [0, 0.05) is 31.2 Å². The number of carboxylic acid groups (broad SMARTS) is 2. The molecule has 55 heavy (non-hydrogen) atoms. The Hall–Kier alpha value is -2.11. The fourth-order valence-corrected chi connectivity index (χ4v) is 8.82. The highest BCUT2D eigenvalue weighted by Crippen LogP contribution is 2.39. The topological polar surface area (TPSA) is 90.7 Å². The summed E-state index contributed by atoms with van der Waals surface area (Å²) in [6, 6.07) is 4.23. The van der Waals surface area contributed by atoms with Gasteiger partial charge in [-0.3, -0.25) is 14.6 Å². The Labute approximate surface area is 340 Å². The van der Waals surface area contributed by atoms with Crippen LogP contribution in [0.3, 0.4) is 0 Å². The number of rotatable bonds is 41. The Morgan fingerprint density at radius 2 is 0.691 bits per heavy atom. The zero-order valence-corrected chi connectivity index (χ0v) is 36.9. The number of carbonyl (C=O) groups is 2. The minimum absolute atomic E-state index is 0.547. The lowest BCUT2D eigenvalue weighted by Gasteiger charge is -2.30. The van der Waals surface area contributed by atoms with E-state index in [4.69, 9.17) is 0 Å². The molecule has 0 spiro atoms. The maximum Gasteiger partial charge on any atom is 0.309 e. The van der Waals surface area contributed by atoms with Crippen molar-refractivity contribution in [2.75, 3.05) is 18.0 Å². The normalized spacial score (nSPS) is 13.7. The second kappa shape index (κ2) is 34.0. The van der Waals surface area contributed by atoms with Gasteiger partial charge in [-0.25, -0.2) is 0 Å². The lowest BCUT2D eigenvalue weighted by atomic mass is 9.74. The van der Waals surface area contributed by atoms with E-state index in [1.165, 1.54) is 82.7 Å². The quantitative estimate of drug-likeness (QED) is 0.0644. The van der Waals surface area contributed by atoms with Crippen molar-refractivity contribution in [1.82, 2.24) is 4.98 Å². The molecule has 0 aliphatic carbocycles. The number of anilines is 1. The summed E-state index contributed by atoms with van der Waals surface area (Å²) in [6.45, 7) is 10.9. The third-order valence-corrected chi connectivity index (χ3v) is 12.6. The third-order valence-electron chi connectivity index (χ3n) is 12.6. The van der Waals surface area contributed by atoms with E-state index in [1.54, 1.807) is 0 Å². The smallest absolute Gasteiger partial charge is 0.309 e. The summed E-state index contributed by atoms with van der Waals surface area (Å²) in [7, 11) is 0. The van der Waals surface area contributed by atoms with Crippen LogP contribution < -0.4 is 4.90 Å². The van der Waals surface area contributed by atoms with E-state index in [0.717, 1.165) is 154 Å². The van der Waals surface area contributed by atoms with Crippen molar-refractivity contribution in [3.63, 3.8) is 0 Å². The van der Waals surface area contributed by atoms with Crippen LogP contribution in [0.25, 0.3) is 0 Å². The van der Waals surface area contributed by atoms with Gasteiger partial charge in [0.2, 0.25) is 0 Å². The van der Waals surface area contributed by atoms with E-state index in [2.05, 4.69) is 49.7 Å². The van der Waals surface area contributed by atoms with Crippen molar-refractivity contribution in [2.45, 2.75) is 246 Å². The molecule has 0 aromatic carbocycles. The summed E-state index contributed by atoms with van der Waals surface area (Å²) in [4.78, 5) is 32.3. The van der Waals surface area contributed by atoms with Crippen molar-refractivity contribution >= 4 is 17.6 Å². The predicted molar refractivity (Wildman–Crippen MR) is 236 cm³/mol. The Kier molecular flexibility index (Phi) is 31.4. The first-order valence-corrected chi connectivity index (χ1v) is 23.9. The predicted octanol–water partition coefficient (Wildman–Crippen LogP) is 15.4. The van der Waals surface area contributed by atoms with Crippen LogP contribution in [-0.2, 0) is 9.59 Å². The average Bonchev–Trinajstić information content (AvgIpc) is 3.18. The molecule has 6 nitrogen and oxygen atoms in total. The molecular weight excluding hydrogens is 681 g/mol. The van der Waals surface area contributed by atoms with E-state index in [0.29, 0.717) is 0 Å². The molecule has 1 heterocycles. The highest BCUT2D eigenvalue weighted by molar-refractivity contribution is 5.75. The van der Waals surface area contributed by atoms with E-state index >= 15 is 0 Å². The van der Waals surface area contributed by atoms with Gasteiger partial charge in [0.15, 0.2) is 0 Å². The van der Waals surface area contributed by atoms with Crippen LogP contribution in [0.15, 0.2) is 24.5 Å². The number of nitrogens with zero attached hydrogens (tertiary/aromatic N) is 2. The van der Waals surface area contributed by atoms with Gasteiger partial charge in [-0.05, 0) is 63.5 Å². The van der Waals surface area contributed by atoms with Crippen LogP contribution in [0.4, 0.5) is 5.69 Å². The van der Waals surface area contributed by atoms with Gasteiger partial charge in [0.05, 0.1) is 10.8 Å². The Morgan fingerprint density at radius 1 is 0.436 bits per heavy atom. The van der Waals surface area contributed by atoms with Gasteiger partial charge in [-0.2, -0.15) is 0 Å². The highest BCUT2D eigenvalue weighted by atomic mass is 16.4. The summed E-state index contributed by atoms with van der Waals surface area (Å²) in [5.74, 6) is -1.11. The number of unbranched alkanes of at least 4 members (excludes halogenated alkanes) is 22. The summed E-state index contributed by atoms with van der Waals surface area (Å²) in [5, 5.41) is 21.0. The molecule has 0 aliphatic rings. The maximum absolute atomic E-state index is 12.8. The summed E-state index contributed by atoms with van der Waals surface area (Å²) >= 11 is 0. The highest BCUT2D eigenvalue weighted by Gasteiger charge is 2.37. The Balaban J connectivity index is 2.65. The molecule has 1 aromatic rings. The fraction of sp³-hybridized carbons (Fsp3) is 0.857. The van der Waals surface area contributed by atoms with E-state index < -0.39 is 22.8 Å². The largest absolute Gasteiger partial charge is 0.481 e. The molecule has 0 bridgehead atoms. The van der Waals surface area contributed by atoms with Gasteiger partial charge < -0.3 is 15.1 Å². The Bertz CT molecular complexity index is 973. The third kappa shape index (κ3) is 23.7. The van der Waals surface area contributed by atoms with Crippen LogP contribution >= 0.6 is 0 Å². The number of aromatic nitrogens is 1. The average molecular weight is 771 g/mol. The van der Waals surface area contributed by atoms with Crippen molar-refractivity contribution in [3.05, 3.63) is 24.5 Å². The van der Waals surface area contributed by atoms with E-state index in [9.17, 15) is 19.8 Å². The first-order valence-electron chi connectivity index (χ1n) is 23.9. The van der Waals surface area contributed by atoms with Crippen molar-refractivity contribution in [1.29, 1.82) is 0 Å². The number of aliphatic carboxylic acids is 2. The first kappa shape index (κ1) is 50.9. The van der Waals surface area contributed by atoms with Gasteiger partial charge in [0.25, 0.3) is 0 Å². The minimum Gasteiger partial charge on any atom is -0.481 e. The van der Waals surface area contributed by atoms with Crippen molar-refractivity contribution < 1.29 is 19.8 Å². The van der Waals surface area contributed by atoms with E-state index in [1.807, 2.05) is 12.4 Å². The molecule has 320 valence electrons. The minimum atomic E-state index is -0.556. The molecule has 0 amide bonds. The first-order chi connectivity index (χ1) is 26.8. The molecule has 6 heteroatoms. The molecule has 2 N–H and O–H groups in total. The lowest BCUT2D eigenvalue weighted by Crippen LogP contribution is -2.31. The lowest BCUT2D eigenvalue weighted by molar-refractivity contribution is -0.151. The molecule has 0 saturated carbocycles. The maximum atomic E-state index is 12.8. The van der Waals surface area contributed by atoms with Crippen molar-refractivity contribution in [2.24, 2.45) is 10.8 Å². The van der Waals surface area contributed by atoms with Gasteiger partial charge >= 0.3 is 11.9 Å². The molecule has 2 atom stereocenters. The zero-order valence-electron chi connectivity index (χ0n) is 36.9. The molecule has 1 rings (SSSR count). The molecular formula is C49H90N2O4. The monoisotopic (exact) mass is 771 g/mol. The van der Waals surface area contributed by atoms with Gasteiger partial charge in [-0.1, -0.05) is 195 Å². The van der Waals surface area contributed by atoms with Gasteiger partial charge in [0.1, 0.15) is 0 Å². The molecule has 0 aliphatic heterocycles. The molecule has 2 unspecified atom stereocenters. The summed E-state index contributed by atoms with van der Waals surface area (Å²) < 4.78 is 0. The number of hydrogen-bond donors (Lipinski definition) is 2. The standard InChI is InChI=1S/C49H90N2O4/c1-5-9-13-17-19-27-37-48(46(52)53,35-25-15-11-7-3)39-29-21-23-31-43-51(45-33-41-50-42-34-45)44-32-24-22-30-40-49(47(54)55,36-26-16-12-8-4)38-28-20-18-14-10-6-2/h33-34,41-42H,5-32,35-40,43-44H2,1-4H3,(H,52,53)(H,54,55). The molecule has 0 saturated heterocycles. The van der Waals surface area contributed by atoms with Crippen LogP contribution in [0.1, 0.15) is 246 Å². The summed E-state index contributed by atoms with van der Waals surface area (Å²) in [6.07, 6.45) is 41.0. The second-order valence-electron chi connectivity index (χ2n) is 17.3. The van der Waals surface area contributed by atoms with Crippen LogP contribution in [0.2, 0.25) is 0 Å². The second-order valence-corrected chi connectivity index (χ2v) is 17.3.